The predicted molar refractivity (Wildman–Crippen MR) is 212 cm³/mol. The van der Waals surface area contributed by atoms with E-state index in [0.717, 1.165) is 38.5 Å². The van der Waals surface area contributed by atoms with Crippen LogP contribution in [0.1, 0.15) is 149 Å². The van der Waals surface area contributed by atoms with Crippen molar-refractivity contribution in [2.75, 3.05) is 26.4 Å². The normalized spacial score (nSPS) is 14.6. The highest BCUT2D eigenvalue weighted by molar-refractivity contribution is 7.47. The number of hydrogen-bond acceptors (Lipinski definition) is 9. The molecule has 0 amide bonds. The summed E-state index contributed by atoms with van der Waals surface area (Å²) in [4.78, 5) is 34.7. The first-order valence-corrected chi connectivity index (χ1v) is 21.4. The number of hydrogen-bond donors (Lipinski definition) is 3. The molecule has 10 nitrogen and oxygen atoms in total. The molecule has 0 heterocycles. The molecule has 0 saturated carbocycles. The molecule has 0 rings (SSSR count). The van der Waals surface area contributed by atoms with Crippen molar-refractivity contribution in [2.45, 2.75) is 161 Å². The van der Waals surface area contributed by atoms with Gasteiger partial charge in [0.15, 0.2) is 6.10 Å². The van der Waals surface area contributed by atoms with E-state index >= 15 is 0 Å². The van der Waals surface area contributed by atoms with E-state index in [-0.39, 0.29) is 32.6 Å². The second-order valence-electron chi connectivity index (χ2n) is 13.0. The Morgan fingerprint density at radius 1 is 0.692 bits per heavy atom. The Kier molecular flexibility index (Phi) is 35.3. The number of aliphatic hydroxyl groups is 1. The summed E-state index contributed by atoms with van der Waals surface area (Å²) >= 11 is 0. The Hall–Kier alpha value is -2.33. The maximum atomic E-state index is 12.5. The molecule has 0 aliphatic rings. The monoisotopic (exact) mass is 753 g/mol. The van der Waals surface area contributed by atoms with Gasteiger partial charge in [-0.05, 0) is 44.9 Å². The summed E-state index contributed by atoms with van der Waals surface area (Å²) in [7, 11) is -4.41. The Bertz CT molecular complexity index is 1060. The summed E-state index contributed by atoms with van der Waals surface area (Å²) in [5.41, 5.74) is 5.32. The third-order valence-corrected chi connectivity index (χ3v) is 8.98. The van der Waals surface area contributed by atoms with Gasteiger partial charge in [-0.15, -0.1) is 0 Å². The molecule has 0 aromatic carbocycles. The second-order valence-corrected chi connectivity index (χ2v) is 14.4. The van der Waals surface area contributed by atoms with Gasteiger partial charge in [0.25, 0.3) is 0 Å². The molecule has 11 heteroatoms. The summed E-state index contributed by atoms with van der Waals surface area (Å²) in [6.45, 7) is 3.42. The molecular weight excluding hydrogens is 681 g/mol. The average Bonchev–Trinajstić information content (AvgIpc) is 3.12. The first-order valence-electron chi connectivity index (χ1n) is 19.9. The van der Waals surface area contributed by atoms with Crippen LogP contribution in [0.2, 0.25) is 0 Å². The number of ether oxygens (including phenoxy) is 2. The predicted octanol–water partition coefficient (Wildman–Crippen LogP) is 9.91. The number of carbonyl (C=O) groups excluding carboxylic acids is 2. The lowest BCUT2D eigenvalue weighted by Gasteiger charge is -2.19. The first kappa shape index (κ1) is 49.7. The molecule has 0 saturated heterocycles. The minimum Gasteiger partial charge on any atom is -0.462 e. The van der Waals surface area contributed by atoms with Crippen LogP contribution in [-0.2, 0) is 32.7 Å². The summed E-state index contributed by atoms with van der Waals surface area (Å²) in [6.07, 6.45) is 38.5. The van der Waals surface area contributed by atoms with Gasteiger partial charge >= 0.3 is 19.8 Å². The van der Waals surface area contributed by atoms with Crippen LogP contribution >= 0.6 is 7.82 Å². The van der Waals surface area contributed by atoms with Crippen molar-refractivity contribution in [1.82, 2.24) is 0 Å². The van der Waals surface area contributed by atoms with Crippen LogP contribution in [0.15, 0.2) is 60.8 Å². The summed E-state index contributed by atoms with van der Waals surface area (Å²) in [5.74, 6) is -0.968. The van der Waals surface area contributed by atoms with E-state index < -0.39 is 38.6 Å². The van der Waals surface area contributed by atoms with Crippen molar-refractivity contribution < 1.29 is 42.7 Å². The molecule has 4 N–H and O–H groups in total. The zero-order valence-electron chi connectivity index (χ0n) is 32.4. The fourth-order valence-corrected chi connectivity index (χ4v) is 5.81. The van der Waals surface area contributed by atoms with E-state index in [4.69, 9.17) is 24.3 Å². The van der Waals surface area contributed by atoms with Crippen LogP contribution in [0.4, 0.5) is 0 Å². The van der Waals surface area contributed by atoms with Gasteiger partial charge in [0.05, 0.1) is 19.3 Å². The van der Waals surface area contributed by atoms with E-state index in [1.165, 1.54) is 57.8 Å². The van der Waals surface area contributed by atoms with Gasteiger partial charge in [0.2, 0.25) is 0 Å². The average molecular weight is 754 g/mol. The van der Waals surface area contributed by atoms with Gasteiger partial charge in [-0.3, -0.25) is 18.6 Å². The van der Waals surface area contributed by atoms with Crippen molar-refractivity contribution in [3.8, 4) is 0 Å². The van der Waals surface area contributed by atoms with Crippen molar-refractivity contribution in [1.29, 1.82) is 0 Å². The Morgan fingerprint density at radius 2 is 1.29 bits per heavy atom. The molecule has 0 aromatic heterocycles. The van der Waals surface area contributed by atoms with Gasteiger partial charge in [-0.1, -0.05) is 152 Å². The van der Waals surface area contributed by atoms with E-state index in [1.807, 2.05) is 30.4 Å². The third kappa shape index (κ3) is 36.0. The van der Waals surface area contributed by atoms with Crippen LogP contribution in [0.25, 0.3) is 0 Å². The maximum absolute atomic E-state index is 12.5. The van der Waals surface area contributed by atoms with Crippen LogP contribution in [0, 0.1) is 0 Å². The lowest BCUT2D eigenvalue weighted by Crippen LogP contribution is -2.29. The number of esters is 2. The highest BCUT2D eigenvalue weighted by Crippen LogP contribution is 2.43. The largest absolute Gasteiger partial charge is 0.472 e. The fraction of sp³-hybridized carbons (Fsp3) is 0.707. The molecule has 3 atom stereocenters. The minimum absolute atomic E-state index is 0.0282. The SMILES string of the molecule is CCC=CCC=CCC=CC=CC(O)CC=CCCCC(=O)OC(COC(=O)CCCCCCCCCCCCCCC)COP(=O)(O)OCCN. The third-order valence-electron chi connectivity index (χ3n) is 8.00. The number of phosphoric ester groups is 1. The molecule has 0 fully saturated rings. The van der Waals surface area contributed by atoms with E-state index in [2.05, 4.69) is 38.2 Å². The number of rotatable bonds is 36. The number of unbranched alkanes of at least 4 members (excludes halogenated alkanes) is 13. The second kappa shape index (κ2) is 37.0. The molecule has 0 spiro atoms. The smallest absolute Gasteiger partial charge is 0.462 e. The maximum Gasteiger partial charge on any atom is 0.472 e. The summed E-state index contributed by atoms with van der Waals surface area (Å²) in [6, 6.07) is 0. The van der Waals surface area contributed by atoms with Crippen molar-refractivity contribution in [2.24, 2.45) is 5.73 Å². The van der Waals surface area contributed by atoms with Crippen LogP contribution < -0.4 is 5.73 Å². The highest BCUT2D eigenvalue weighted by Gasteiger charge is 2.25. The number of allylic oxidation sites excluding steroid dienone is 8. The van der Waals surface area contributed by atoms with E-state index in [0.29, 0.717) is 25.7 Å². The van der Waals surface area contributed by atoms with E-state index in [1.54, 1.807) is 6.08 Å². The fourth-order valence-electron chi connectivity index (χ4n) is 5.05. The Labute approximate surface area is 315 Å². The highest BCUT2D eigenvalue weighted by atomic mass is 31.2. The molecule has 300 valence electrons. The molecule has 0 bridgehead atoms. The molecular formula is C41H72NO9P. The van der Waals surface area contributed by atoms with Gasteiger partial charge in [0.1, 0.15) is 6.61 Å². The molecule has 0 aliphatic carbocycles. The quantitative estimate of drug-likeness (QED) is 0.0185. The topological polar surface area (TPSA) is 155 Å². The lowest BCUT2D eigenvalue weighted by atomic mass is 10.0. The number of nitrogens with two attached hydrogens (primary N) is 1. The molecule has 52 heavy (non-hydrogen) atoms. The van der Waals surface area contributed by atoms with Crippen LogP contribution in [-0.4, -0.2) is 60.5 Å². The lowest BCUT2D eigenvalue weighted by molar-refractivity contribution is -0.161. The Morgan fingerprint density at radius 3 is 1.92 bits per heavy atom. The molecule has 0 aromatic rings. The zero-order valence-corrected chi connectivity index (χ0v) is 33.3. The van der Waals surface area contributed by atoms with Crippen molar-refractivity contribution in [3.63, 3.8) is 0 Å². The van der Waals surface area contributed by atoms with E-state index in [9.17, 15) is 24.2 Å². The van der Waals surface area contributed by atoms with Crippen LogP contribution in [0.3, 0.4) is 0 Å². The van der Waals surface area contributed by atoms with Gasteiger partial charge in [0, 0.05) is 19.4 Å². The standard InChI is InChI=1S/C41H72NO9P/c1-3-5-7-9-11-13-15-16-17-19-21-23-28-32-40(44)48-36-39(37-50-52(46,47)49-35-34-42)51-41(45)33-29-25-24-27-31-38(43)30-26-22-20-18-14-12-10-8-6-4-2/h6,8,12,14,20,22,24,26-27,30,38-39,43H,3-5,7,9-11,13,15-19,21,23,25,28-29,31-37,42H2,1-2H3,(H,46,47). The number of carbonyl (C=O) groups is 2. The first-order chi connectivity index (χ1) is 25.2. The summed E-state index contributed by atoms with van der Waals surface area (Å²) < 4.78 is 32.6. The summed E-state index contributed by atoms with van der Waals surface area (Å²) in [5, 5.41) is 10.1. The van der Waals surface area contributed by atoms with Gasteiger partial charge < -0.3 is 25.2 Å². The molecule has 0 aliphatic heterocycles. The number of aliphatic hydroxyl groups excluding tert-OH is 1. The zero-order chi connectivity index (χ0) is 38.4. The van der Waals surface area contributed by atoms with Crippen LogP contribution in [0.5, 0.6) is 0 Å². The number of phosphoric acid groups is 1. The van der Waals surface area contributed by atoms with Crippen molar-refractivity contribution in [3.05, 3.63) is 60.8 Å². The van der Waals surface area contributed by atoms with Gasteiger partial charge in [-0.25, -0.2) is 4.57 Å². The minimum atomic E-state index is -4.41. The van der Waals surface area contributed by atoms with Gasteiger partial charge in [-0.2, -0.15) is 0 Å². The molecule has 3 unspecified atom stereocenters. The van der Waals surface area contributed by atoms with Crippen molar-refractivity contribution >= 4 is 19.8 Å². The molecule has 0 radical (unpaired) electrons. The Balaban J connectivity index is 4.41.